The summed E-state index contributed by atoms with van der Waals surface area (Å²) in [5.74, 6) is 0. The van der Waals surface area contributed by atoms with Crippen molar-refractivity contribution in [2.45, 2.75) is 40.3 Å². The average molecular weight is 926 g/mol. The van der Waals surface area contributed by atoms with Crippen molar-refractivity contribution in [1.29, 1.82) is 5.26 Å². The highest BCUT2D eigenvalue weighted by atomic mass is 19.4. The van der Waals surface area contributed by atoms with Crippen molar-refractivity contribution in [2.24, 2.45) is 0 Å². The third kappa shape index (κ3) is 7.11. The molecule has 0 spiro atoms. The van der Waals surface area contributed by atoms with Crippen LogP contribution in [-0.2, 0) is 0 Å². The number of benzene rings is 9. The molecule has 2 aromatic heterocycles. The zero-order valence-electron chi connectivity index (χ0n) is 39.7. The number of aryl methyl sites for hydroxylation is 4. The molecule has 1 aliphatic carbocycles. The van der Waals surface area contributed by atoms with Crippen molar-refractivity contribution in [3.05, 3.63) is 233 Å². The lowest BCUT2D eigenvalue weighted by atomic mass is 9.94. The molecule has 0 fully saturated rings. The van der Waals surface area contributed by atoms with Crippen LogP contribution in [0.25, 0.3) is 105 Å². The molecule has 0 radical (unpaired) electrons. The molecule has 11 aromatic rings. The van der Waals surface area contributed by atoms with Gasteiger partial charge in [-0.1, -0.05) is 164 Å². The normalized spacial score (nSPS) is 12.8. The number of fused-ring (bicyclic) bond motifs is 6. The van der Waals surface area contributed by atoms with Gasteiger partial charge in [-0.05, 0) is 137 Å². The van der Waals surface area contributed by atoms with Gasteiger partial charge in [-0.15, -0.1) is 0 Å². The van der Waals surface area contributed by atoms with E-state index in [1.165, 1.54) is 6.08 Å². The number of hydrogen-bond acceptors (Lipinski definition) is 1. The summed E-state index contributed by atoms with van der Waals surface area (Å²) < 4.78 is 50.1. The van der Waals surface area contributed by atoms with Crippen molar-refractivity contribution >= 4 is 49.2 Å². The van der Waals surface area contributed by atoms with Gasteiger partial charge in [-0.25, -0.2) is 0 Å². The van der Waals surface area contributed by atoms with E-state index >= 15 is 13.2 Å². The first kappa shape index (κ1) is 43.6. The van der Waals surface area contributed by atoms with Gasteiger partial charge >= 0.3 is 6.18 Å². The first-order chi connectivity index (χ1) is 34.5. The quantitative estimate of drug-likeness (QED) is 0.157. The predicted molar refractivity (Wildman–Crippen MR) is 287 cm³/mol. The predicted octanol–water partition coefficient (Wildman–Crippen LogP) is 17.9. The van der Waals surface area contributed by atoms with Crippen LogP contribution in [0, 0.1) is 39.0 Å². The minimum Gasteiger partial charge on any atom is -0.308 e. The Bertz CT molecular complexity index is 3920. The molecule has 6 heteroatoms. The van der Waals surface area contributed by atoms with E-state index in [0.717, 1.165) is 110 Å². The smallest absolute Gasteiger partial charge is 0.308 e. The van der Waals surface area contributed by atoms with E-state index < -0.39 is 11.7 Å². The van der Waals surface area contributed by atoms with E-state index in [0.29, 0.717) is 16.9 Å². The second kappa shape index (κ2) is 16.8. The zero-order valence-corrected chi connectivity index (χ0v) is 39.7. The van der Waals surface area contributed by atoms with E-state index in [2.05, 4.69) is 164 Å². The van der Waals surface area contributed by atoms with Gasteiger partial charge in [0, 0.05) is 27.1 Å². The first-order valence-corrected chi connectivity index (χ1v) is 23.9. The fourth-order valence-corrected chi connectivity index (χ4v) is 11.2. The Morgan fingerprint density at radius 2 is 0.803 bits per heavy atom. The molecule has 2 heterocycles. The van der Waals surface area contributed by atoms with Gasteiger partial charge in [0.05, 0.1) is 39.0 Å². The molecule has 0 amide bonds. The van der Waals surface area contributed by atoms with E-state index in [9.17, 15) is 5.26 Å². The highest BCUT2D eigenvalue weighted by Crippen LogP contribution is 2.47. The molecule has 0 saturated carbocycles. The standard InChI is InChI=1S/C65H46F3N3/c1-39-14-5-9-18-47(39)43-24-28-52-53-29-25-44(48-19-10-6-15-40(48)2)35-61(53)70(60(52)34-43)59-33-32-56(51-22-13-23-58(51)65(66,67)68)64(57(59)38-69)71-62-36-45(49-20-11-7-16-41(49)3)26-30-54(62)55-31-27-46(37-63(55)71)50-21-12-8-17-42(50)4/h5-21,23-37H,22H2,1-4H3. The van der Waals surface area contributed by atoms with Crippen molar-refractivity contribution in [1.82, 2.24) is 9.13 Å². The number of halogens is 3. The van der Waals surface area contributed by atoms with Crippen LogP contribution in [0.4, 0.5) is 13.2 Å². The Morgan fingerprint density at radius 1 is 0.437 bits per heavy atom. The number of allylic oxidation sites excluding steroid dienone is 4. The molecule has 12 rings (SSSR count). The summed E-state index contributed by atoms with van der Waals surface area (Å²) in [6.07, 6.45) is -1.81. The van der Waals surface area contributed by atoms with Gasteiger partial charge < -0.3 is 9.13 Å². The van der Waals surface area contributed by atoms with Gasteiger partial charge in [-0.3, -0.25) is 0 Å². The Kier molecular flexibility index (Phi) is 10.3. The first-order valence-electron chi connectivity index (χ1n) is 23.9. The monoisotopic (exact) mass is 925 g/mol. The number of nitrogens with zero attached hydrogens (tertiary/aromatic N) is 3. The maximum Gasteiger partial charge on any atom is 0.416 e. The molecule has 0 aliphatic heterocycles. The van der Waals surface area contributed by atoms with Crippen LogP contribution in [0.15, 0.2) is 200 Å². The molecule has 0 bridgehead atoms. The summed E-state index contributed by atoms with van der Waals surface area (Å²) in [5.41, 5.74) is 17.0. The van der Waals surface area contributed by atoms with Crippen LogP contribution in [0.2, 0.25) is 0 Å². The summed E-state index contributed by atoms with van der Waals surface area (Å²) in [7, 11) is 0. The Labute approximate surface area is 410 Å². The molecule has 0 N–H and O–H groups in total. The minimum absolute atomic E-state index is 0.0566. The molecule has 0 atom stereocenters. The minimum atomic E-state index is -4.63. The molecule has 1 aliphatic rings. The topological polar surface area (TPSA) is 33.6 Å². The van der Waals surface area contributed by atoms with E-state index in [1.807, 2.05) is 60.7 Å². The van der Waals surface area contributed by atoms with Crippen LogP contribution in [0.1, 0.15) is 39.8 Å². The van der Waals surface area contributed by atoms with Crippen LogP contribution in [-0.4, -0.2) is 15.3 Å². The third-order valence-corrected chi connectivity index (χ3v) is 14.7. The van der Waals surface area contributed by atoms with E-state index in [4.69, 9.17) is 0 Å². The van der Waals surface area contributed by atoms with Gasteiger partial charge in [0.15, 0.2) is 0 Å². The molecule has 0 saturated heterocycles. The van der Waals surface area contributed by atoms with Gasteiger partial charge in [0.1, 0.15) is 11.6 Å². The highest BCUT2D eigenvalue weighted by molar-refractivity contribution is 6.14. The molecule has 0 unspecified atom stereocenters. The number of aromatic nitrogens is 2. The van der Waals surface area contributed by atoms with Crippen molar-refractivity contribution in [3.63, 3.8) is 0 Å². The maximum atomic E-state index is 15.3. The van der Waals surface area contributed by atoms with Gasteiger partial charge in [-0.2, -0.15) is 18.4 Å². The summed E-state index contributed by atoms with van der Waals surface area (Å²) >= 11 is 0. The fraction of sp³-hybridized carbons (Fsp3) is 0.0923. The SMILES string of the molecule is Cc1ccccc1-c1ccc2c3ccc(-c4ccccc4C)cc3n(-c3ccc(C4=C(C(F)(F)F)C=CC4)c(-n4c5cc(-c6ccccc6C)ccc5c5ccc(-c6ccccc6C)cc54)c3C#N)c2c1. The van der Waals surface area contributed by atoms with Gasteiger partial charge in [0.2, 0.25) is 0 Å². The second-order valence-corrected chi connectivity index (χ2v) is 18.8. The van der Waals surface area contributed by atoms with Gasteiger partial charge in [0.25, 0.3) is 0 Å². The maximum absolute atomic E-state index is 15.3. The lowest BCUT2D eigenvalue weighted by Gasteiger charge is -2.22. The molecular formula is C65H46F3N3. The highest BCUT2D eigenvalue weighted by Gasteiger charge is 2.38. The molecular weight excluding hydrogens is 880 g/mol. The van der Waals surface area contributed by atoms with Crippen LogP contribution >= 0.6 is 0 Å². The molecule has 3 nitrogen and oxygen atoms in total. The lowest BCUT2D eigenvalue weighted by molar-refractivity contribution is -0.0874. The average Bonchev–Trinajstić information content (AvgIpc) is 4.09. The summed E-state index contributed by atoms with van der Waals surface area (Å²) in [5, 5.41) is 15.9. The summed E-state index contributed by atoms with van der Waals surface area (Å²) in [6.45, 7) is 8.37. The number of hydrogen-bond donors (Lipinski definition) is 0. The Hall–Kier alpha value is -8.66. The molecule has 342 valence electrons. The van der Waals surface area contributed by atoms with Crippen molar-refractivity contribution in [3.8, 4) is 62.0 Å². The number of alkyl halides is 3. The third-order valence-electron chi connectivity index (χ3n) is 14.7. The second-order valence-electron chi connectivity index (χ2n) is 18.8. The Balaban J connectivity index is 1.26. The van der Waals surface area contributed by atoms with E-state index in [1.54, 1.807) is 6.08 Å². The van der Waals surface area contributed by atoms with Crippen LogP contribution in [0.5, 0.6) is 0 Å². The lowest BCUT2D eigenvalue weighted by Crippen LogP contribution is -2.13. The Morgan fingerprint density at radius 3 is 1.15 bits per heavy atom. The van der Waals surface area contributed by atoms with Crippen molar-refractivity contribution < 1.29 is 13.2 Å². The largest absolute Gasteiger partial charge is 0.416 e. The van der Waals surface area contributed by atoms with Crippen LogP contribution < -0.4 is 0 Å². The molecule has 71 heavy (non-hydrogen) atoms. The van der Waals surface area contributed by atoms with Crippen molar-refractivity contribution in [2.75, 3.05) is 0 Å². The van der Waals surface area contributed by atoms with E-state index in [-0.39, 0.29) is 17.6 Å². The summed E-state index contributed by atoms with van der Waals surface area (Å²) in [6, 6.07) is 65.1. The zero-order chi connectivity index (χ0) is 48.7. The summed E-state index contributed by atoms with van der Waals surface area (Å²) in [4.78, 5) is 0. The molecule has 9 aromatic carbocycles. The van der Waals surface area contributed by atoms with Crippen LogP contribution in [0.3, 0.4) is 0 Å². The fourth-order valence-electron chi connectivity index (χ4n) is 11.2. The number of nitriles is 1. The number of rotatable bonds is 7.